The maximum Gasteiger partial charge on any atom is 0.329 e. The number of amides is 2. The molecule has 92 valence electrons. The summed E-state index contributed by atoms with van der Waals surface area (Å²) < 4.78 is 4.97. The molecule has 0 bridgehead atoms. The van der Waals surface area contributed by atoms with E-state index in [9.17, 15) is 9.59 Å². The smallest absolute Gasteiger partial charge is 0.329 e. The summed E-state index contributed by atoms with van der Waals surface area (Å²) in [6, 6.07) is -0.510. The molecular formula is C10H19N3O3. The van der Waals surface area contributed by atoms with Crippen LogP contribution >= 0.6 is 0 Å². The molecule has 0 saturated carbocycles. The zero-order valence-corrected chi connectivity index (χ0v) is 9.81. The number of urea groups is 1. The van der Waals surface area contributed by atoms with E-state index < -0.39 is 6.03 Å². The molecule has 0 aromatic carbocycles. The van der Waals surface area contributed by atoms with Crippen molar-refractivity contribution in [2.24, 2.45) is 11.7 Å². The summed E-state index contributed by atoms with van der Waals surface area (Å²) in [5.74, 6) is -0.347. The second kappa shape index (κ2) is 5.69. The first-order valence-corrected chi connectivity index (χ1v) is 5.51. The van der Waals surface area contributed by atoms with Crippen LogP contribution in [0.1, 0.15) is 19.8 Å². The first-order valence-electron chi connectivity index (χ1n) is 5.51. The van der Waals surface area contributed by atoms with Crippen LogP contribution in [0.2, 0.25) is 0 Å². The van der Waals surface area contributed by atoms with Crippen molar-refractivity contribution in [3.8, 4) is 0 Å². The molecule has 0 spiro atoms. The molecule has 0 aliphatic carbocycles. The number of hydrogen-bond acceptors (Lipinski definition) is 4. The van der Waals surface area contributed by atoms with Crippen molar-refractivity contribution >= 4 is 12.0 Å². The summed E-state index contributed by atoms with van der Waals surface area (Å²) in [5, 5.41) is 3.14. The van der Waals surface area contributed by atoms with Crippen LogP contribution < -0.4 is 5.73 Å². The van der Waals surface area contributed by atoms with Gasteiger partial charge >= 0.3 is 12.0 Å². The van der Waals surface area contributed by atoms with Crippen molar-refractivity contribution in [1.82, 2.24) is 10.0 Å². The van der Waals surface area contributed by atoms with Gasteiger partial charge in [-0.3, -0.25) is 9.80 Å². The summed E-state index contributed by atoms with van der Waals surface area (Å²) in [6.45, 7) is 3.42. The fourth-order valence-electron chi connectivity index (χ4n) is 1.82. The third-order valence-corrected chi connectivity index (χ3v) is 2.76. The van der Waals surface area contributed by atoms with E-state index in [4.69, 9.17) is 10.5 Å². The molecule has 1 saturated heterocycles. The molecular weight excluding hydrogens is 210 g/mol. The molecule has 16 heavy (non-hydrogen) atoms. The van der Waals surface area contributed by atoms with Gasteiger partial charge in [-0.25, -0.2) is 9.80 Å². The fraction of sp³-hybridized carbons (Fsp3) is 0.800. The highest BCUT2D eigenvalue weighted by Gasteiger charge is 2.29. The normalized spacial score (nSPS) is 21.5. The second-order valence-electron chi connectivity index (χ2n) is 3.87. The van der Waals surface area contributed by atoms with Gasteiger partial charge < -0.3 is 10.5 Å². The zero-order valence-electron chi connectivity index (χ0n) is 9.81. The van der Waals surface area contributed by atoms with E-state index in [-0.39, 0.29) is 11.9 Å². The summed E-state index contributed by atoms with van der Waals surface area (Å²) in [5.41, 5.74) is 5.18. The average Bonchev–Trinajstić information content (AvgIpc) is 2.28. The Hall–Kier alpha value is -1.30. The maximum atomic E-state index is 11.6. The molecule has 0 radical (unpaired) electrons. The van der Waals surface area contributed by atoms with Crippen LogP contribution in [-0.4, -0.2) is 48.8 Å². The predicted octanol–water partition coefficient (Wildman–Crippen LogP) is 0.187. The van der Waals surface area contributed by atoms with Crippen LogP contribution in [0.25, 0.3) is 0 Å². The highest BCUT2D eigenvalue weighted by atomic mass is 16.5. The number of carbonyl (C=O) groups excluding carboxylic acids is 2. The summed E-state index contributed by atoms with van der Waals surface area (Å²) in [7, 11) is 1.61. The van der Waals surface area contributed by atoms with Gasteiger partial charge in [0.25, 0.3) is 0 Å². The zero-order chi connectivity index (χ0) is 12.1. The first kappa shape index (κ1) is 12.8. The van der Waals surface area contributed by atoms with Gasteiger partial charge in [-0.15, -0.1) is 0 Å². The van der Waals surface area contributed by atoms with Gasteiger partial charge in [0.1, 0.15) is 0 Å². The molecule has 1 rings (SSSR count). The average molecular weight is 229 g/mol. The third kappa shape index (κ3) is 3.10. The summed E-state index contributed by atoms with van der Waals surface area (Å²) >= 11 is 0. The molecule has 1 aliphatic heterocycles. The number of ether oxygens (including phenoxy) is 1. The second-order valence-corrected chi connectivity index (χ2v) is 3.87. The highest BCUT2D eigenvalue weighted by Crippen LogP contribution is 2.18. The molecule has 0 aromatic heterocycles. The van der Waals surface area contributed by atoms with Crippen LogP contribution in [-0.2, 0) is 9.53 Å². The van der Waals surface area contributed by atoms with Crippen LogP contribution in [0.4, 0.5) is 4.79 Å². The lowest BCUT2D eigenvalue weighted by molar-refractivity contribution is -0.152. The number of rotatable bonds is 3. The van der Waals surface area contributed by atoms with Gasteiger partial charge in [-0.05, 0) is 19.8 Å². The quantitative estimate of drug-likeness (QED) is 0.701. The molecule has 0 aromatic rings. The van der Waals surface area contributed by atoms with Crippen LogP contribution in [0, 0.1) is 5.92 Å². The Balaban J connectivity index is 2.53. The van der Waals surface area contributed by atoms with Crippen LogP contribution in [0.15, 0.2) is 0 Å². The standard InChI is InChI=1S/C10H19N3O3/c1-3-16-9(14)8-5-4-6-13(7-8)12(2)10(11)15/h8H,3-7H2,1-2H3,(H2,11,15). The maximum absolute atomic E-state index is 11.6. The predicted molar refractivity (Wildman–Crippen MR) is 58.3 cm³/mol. The number of hydrogen-bond donors (Lipinski definition) is 1. The van der Waals surface area contributed by atoms with Crippen molar-refractivity contribution < 1.29 is 14.3 Å². The topological polar surface area (TPSA) is 75.9 Å². The molecule has 6 heteroatoms. The number of nitrogens with two attached hydrogens (primary N) is 1. The van der Waals surface area contributed by atoms with Gasteiger partial charge in [-0.1, -0.05) is 0 Å². The van der Waals surface area contributed by atoms with Crippen molar-refractivity contribution in [2.45, 2.75) is 19.8 Å². The van der Waals surface area contributed by atoms with Gasteiger partial charge in [0.15, 0.2) is 0 Å². The van der Waals surface area contributed by atoms with Crippen LogP contribution in [0.5, 0.6) is 0 Å². The number of esters is 1. The number of nitrogens with zero attached hydrogens (tertiary/aromatic N) is 2. The molecule has 1 atom stereocenters. The Labute approximate surface area is 95.3 Å². The van der Waals surface area contributed by atoms with E-state index in [1.165, 1.54) is 5.01 Å². The minimum absolute atomic E-state index is 0.157. The summed E-state index contributed by atoms with van der Waals surface area (Å²) in [4.78, 5) is 22.5. The van der Waals surface area contributed by atoms with E-state index in [1.54, 1.807) is 19.0 Å². The highest BCUT2D eigenvalue weighted by molar-refractivity contribution is 5.73. The van der Waals surface area contributed by atoms with Gasteiger partial charge in [0.05, 0.1) is 12.5 Å². The lowest BCUT2D eigenvalue weighted by atomic mass is 9.99. The van der Waals surface area contributed by atoms with Crippen LogP contribution in [0.3, 0.4) is 0 Å². The van der Waals surface area contributed by atoms with E-state index in [0.29, 0.717) is 13.2 Å². The number of primary amides is 1. The Morgan fingerprint density at radius 1 is 1.56 bits per heavy atom. The molecule has 1 fully saturated rings. The molecule has 1 heterocycles. The fourth-order valence-corrected chi connectivity index (χ4v) is 1.82. The Morgan fingerprint density at radius 2 is 2.25 bits per heavy atom. The molecule has 2 amide bonds. The largest absolute Gasteiger partial charge is 0.466 e. The molecule has 1 unspecified atom stereocenters. The Bertz CT molecular complexity index is 270. The van der Waals surface area contributed by atoms with Crippen molar-refractivity contribution in [2.75, 3.05) is 26.7 Å². The van der Waals surface area contributed by atoms with Gasteiger partial charge in [-0.2, -0.15) is 0 Å². The lowest BCUT2D eigenvalue weighted by Crippen LogP contribution is -2.51. The van der Waals surface area contributed by atoms with Crippen molar-refractivity contribution in [1.29, 1.82) is 0 Å². The molecule has 2 N–H and O–H groups in total. The third-order valence-electron chi connectivity index (χ3n) is 2.76. The van der Waals surface area contributed by atoms with Gasteiger partial charge in [0.2, 0.25) is 0 Å². The number of carbonyl (C=O) groups is 2. The van der Waals surface area contributed by atoms with E-state index in [1.807, 2.05) is 0 Å². The first-order chi connectivity index (χ1) is 7.56. The summed E-state index contributed by atoms with van der Waals surface area (Å²) in [6.07, 6.45) is 1.67. The Morgan fingerprint density at radius 3 is 2.81 bits per heavy atom. The molecule has 6 nitrogen and oxygen atoms in total. The van der Waals surface area contributed by atoms with Gasteiger partial charge in [0, 0.05) is 20.1 Å². The van der Waals surface area contributed by atoms with E-state index >= 15 is 0 Å². The SMILES string of the molecule is CCOC(=O)C1CCCN(N(C)C(N)=O)C1. The minimum Gasteiger partial charge on any atom is -0.466 e. The monoisotopic (exact) mass is 229 g/mol. The van der Waals surface area contributed by atoms with Crippen molar-refractivity contribution in [3.05, 3.63) is 0 Å². The molecule has 1 aliphatic rings. The van der Waals surface area contributed by atoms with Crippen molar-refractivity contribution in [3.63, 3.8) is 0 Å². The number of hydrazine groups is 1. The number of piperidine rings is 1. The van der Waals surface area contributed by atoms with E-state index in [0.717, 1.165) is 19.4 Å². The minimum atomic E-state index is -0.510. The Kier molecular flexibility index (Phi) is 4.54. The van der Waals surface area contributed by atoms with E-state index in [2.05, 4.69) is 0 Å². The lowest BCUT2D eigenvalue weighted by Gasteiger charge is -2.36.